The van der Waals surface area contributed by atoms with Gasteiger partial charge in [0.05, 0.1) is 18.9 Å². The van der Waals surface area contributed by atoms with Crippen LogP contribution in [0.4, 0.5) is 5.69 Å². The van der Waals surface area contributed by atoms with E-state index < -0.39 is 0 Å². The molecule has 0 amide bonds. The second kappa shape index (κ2) is 6.73. The Kier molecular flexibility index (Phi) is 4.98. The highest BCUT2D eigenvalue weighted by Gasteiger charge is 2.11. The molecule has 0 saturated carbocycles. The average Bonchev–Trinajstić information content (AvgIpc) is 2.86. The molecule has 0 aliphatic heterocycles. The second-order valence-corrected chi connectivity index (χ2v) is 6.46. The maximum Gasteiger partial charge on any atom is 0.228 e. The lowest BCUT2D eigenvalue weighted by molar-refractivity contribution is 0.272. The third-order valence-corrected chi connectivity index (χ3v) is 4.46. The molecule has 0 aliphatic rings. The standard InChI is InChI=1S/C17H20N2OS/c1-6-16-12(4)19-17(21-16)13-7-8-15(14(9-13)18-5)20-10-11(2)3/h7-9,11H,6,10H2,1-4H3. The molecule has 0 spiro atoms. The van der Waals surface area contributed by atoms with Crippen molar-refractivity contribution in [2.45, 2.75) is 34.1 Å². The number of ether oxygens (including phenoxy) is 1. The molecule has 1 heterocycles. The first-order valence-electron chi connectivity index (χ1n) is 7.16. The highest BCUT2D eigenvalue weighted by molar-refractivity contribution is 7.15. The van der Waals surface area contributed by atoms with E-state index in [9.17, 15) is 0 Å². The van der Waals surface area contributed by atoms with Crippen molar-refractivity contribution >= 4 is 17.0 Å². The Morgan fingerprint density at radius 2 is 2.14 bits per heavy atom. The summed E-state index contributed by atoms with van der Waals surface area (Å²) < 4.78 is 5.70. The number of benzene rings is 1. The van der Waals surface area contributed by atoms with Gasteiger partial charge in [-0.05, 0) is 31.4 Å². The van der Waals surface area contributed by atoms with E-state index in [0.717, 1.165) is 22.7 Å². The summed E-state index contributed by atoms with van der Waals surface area (Å²) in [5.74, 6) is 1.10. The quantitative estimate of drug-likeness (QED) is 0.703. The molecule has 0 fully saturated rings. The van der Waals surface area contributed by atoms with Gasteiger partial charge in [-0.3, -0.25) is 0 Å². The van der Waals surface area contributed by atoms with E-state index in [1.807, 2.05) is 25.1 Å². The summed E-state index contributed by atoms with van der Waals surface area (Å²) in [4.78, 5) is 9.49. The third kappa shape index (κ3) is 3.62. The number of hydrogen-bond acceptors (Lipinski definition) is 3. The molecule has 110 valence electrons. The summed E-state index contributed by atoms with van der Waals surface area (Å²) in [7, 11) is 0. The lowest BCUT2D eigenvalue weighted by Gasteiger charge is -2.10. The number of hydrogen-bond donors (Lipinski definition) is 0. The summed E-state index contributed by atoms with van der Waals surface area (Å²) >= 11 is 1.70. The first kappa shape index (κ1) is 15.5. The fraction of sp³-hybridized carbons (Fsp3) is 0.412. The van der Waals surface area contributed by atoms with Crippen molar-refractivity contribution in [2.75, 3.05) is 6.61 Å². The molecule has 1 aromatic heterocycles. The summed E-state index contributed by atoms with van der Waals surface area (Å²) in [6.07, 6.45) is 0.995. The topological polar surface area (TPSA) is 26.5 Å². The molecule has 0 N–H and O–H groups in total. The molecule has 0 saturated heterocycles. The first-order valence-corrected chi connectivity index (χ1v) is 7.97. The maximum absolute atomic E-state index is 7.34. The molecule has 0 unspecified atom stereocenters. The number of nitrogens with zero attached hydrogens (tertiary/aromatic N) is 2. The SMILES string of the molecule is [C-]#[N+]c1cc(-c2nc(C)c(CC)s2)ccc1OCC(C)C. The summed E-state index contributed by atoms with van der Waals surface area (Å²) in [6.45, 7) is 16.3. The fourth-order valence-electron chi connectivity index (χ4n) is 2.00. The van der Waals surface area contributed by atoms with E-state index >= 15 is 0 Å². The van der Waals surface area contributed by atoms with Gasteiger partial charge in [-0.15, -0.1) is 11.3 Å². The Labute approximate surface area is 130 Å². The minimum Gasteiger partial charge on any atom is -0.504 e. The molecule has 2 aromatic rings. The zero-order chi connectivity index (χ0) is 15.4. The highest BCUT2D eigenvalue weighted by Crippen LogP contribution is 2.35. The van der Waals surface area contributed by atoms with Crippen LogP contribution in [0.3, 0.4) is 0 Å². The number of aromatic nitrogens is 1. The minimum absolute atomic E-state index is 0.442. The number of thiazole rings is 1. The summed E-state index contributed by atoms with van der Waals surface area (Å²) in [5.41, 5.74) is 2.63. The van der Waals surface area contributed by atoms with Crippen molar-refractivity contribution < 1.29 is 4.74 Å². The fourth-order valence-corrected chi connectivity index (χ4v) is 2.99. The molecular weight excluding hydrogens is 280 g/mol. The van der Waals surface area contributed by atoms with E-state index in [2.05, 4.69) is 30.6 Å². The molecule has 4 heteroatoms. The first-order chi connectivity index (χ1) is 10.0. The summed E-state index contributed by atoms with van der Waals surface area (Å²) in [5, 5.41) is 0.977. The van der Waals surface area contributed by atoms with Crippen LogP contribution in [0.5, 0.6) is 5.75 Å². The van der Waals surface area contributed by atoms with Crippen LogP contribution in [0, 0.1) is 19.4 Å². The predicted octanol–water partition coefficient (Wildman–Crippen LogP) is 5.27. The zero-order valence-corrected chi connectivity index (χ0v) is 13.8. The third-order valence-electron chi connectivity index (χ3n) is 3.11. The zero-order valence-electron chi connectivity index (χ0n) is 12.9. The Morgan fingerprint density at radius 3 is 2.71 bits per heavy atom. The normalized spacial score (nSPS) is 10.7. The van der Waals surface area contributed by atoms with Crippen LogP contribution in [0.15, 0.2) is 18.2 Å². The molecule has 0 atom stereocenters. The van der Waals surface area contributed by atoms with E-state index in [0.29, 0.717) is 24.0 Å². The van der Waals surface area contributed by atoms with Crippen LogP contribution in [0.1, 0.15) is 31.3 Å². The van der Waals surface area contributed by atoms with Crippen LogP contribution in [-0.4, -0.2) is 11.6 Å². The van der Waals surface area contributed by atoms with Crippen molar-refractivity contribution in [2.24, 2.45) is 5.92 Å². The van der Waals surface area contributed by atoms with Crippen molar-refractivity contribution in [1.29, 1.82) is 0 Å². The number of rotatable bonds is 5. The van der Waals surface area contributed by atoms with Gasteiger partial charge in [-0.25, -0.2) is 9.83 Å². The maximum atomic E-state index is 7.34. The van der Waals surface area contributed by atoms with Gasteiger partial charge in [0.25, 0.3) is 0 Å². The minimum atomic E-state index is 0.442. The lowest BCUT2D eigenvalue weighted by atomic mass is 10.2. The monoisotopic (exact) mass is 300 g/mol. The Hall–Kier alpha value is -1.86. The summed E-state index contributed by atoms with van der Waals surface area (Å²) in [6, 6.07) is 5.75. The van der Waals surface area contributed by atoms with Gasteiger partial charge in [0, 0.05) is 10.4 Å². The van der Waals surface area contributed by atoms with Gasteiger partial charge < -0.3 is 4.74 Å². The van der Waals surface area contributed by atoms with Crippen molar-refractivity contribution in [3.63, 3.8) is 0 Å². The molecule has 0 aliphatic carbocycles. The molecule has 1 aromatic carbocycles. The Balaban J connectivity index is 2.32. The van der Waals surface area contributed by atoms with Crippen LogP contribution >= 0.6 is 11.3 Å². The van der Waals surface area contributed by atoms with Crippen LogP contribution < -0.4 is 4.74 Å². The van der Waals surface area contributed by atoms with Gasteiger partial charge in [0.15, 0.2) is 0 Å². The smallest absolute Gasteiger partial charge is 0.228 e. The predicted molar refractivity (Wildman–Crippen MR) is 88.3 cm³/mol. The highest BCUT2D eigenvalue weighted by atomic mass is 32.1. The Bertz CT molecular complexity index is 668. The van der Waals surface area contributed by atoms with E-state index in [1.54, 1.807) is 11.3 Å². The van der Waals surface area contributed by atoms with E-state index in [4.69, 9.17) is 11.3 Å². The van der Waals surface area contributed by atoms with Crippen LogP contribution in [0.2, 0.25) is 0 Å². The van der Waals surface area contributed by atoms with Gasteiger partial charge in [-0.1, -0.05) is 26.8 Å². The van der Waals surface area contributed by atoms with E-state index in [-0.39, 0.29) is 0 Å². The van der Waals surface area contributed by atoms with Crippen molar-refractivity contribution in [1.82, 2.24) is 4.98 Å². The van der Waals surface area contributed by atoms with Crippen LogP contribution in [-0.2, 0) is 6.42 Å². The van der Waals surface area contributed by atoms with Crippen LogP contribution in [0.25, 0.3) is 15.4 Å². The molecule has 3 nitrogen and oxygen atoms in total. The number of aryl methyl sites for hydroxylation is 2. The van der Waals surface area contributed by atoms with Gasteiger partial charge in [-0.2, -0.15) is 0 Å². The Morgan fingerprint density at radius 1 is 1.38 bits per heavy atom. The average molecular weight is 300 g/mol. The molecule has 21 heavy (non-hydrogen) atoms. The largest absolute Gasteiger partial charge is 0.504 e. The molecule has 2 rings (SSSR count). The van der Waals surface area contributed by atoms with Gasteiger partial charge >= 0.3 is 0 Å². The van der Waals surface area contributed by atoms with Crippen molar-refractivity contribution in [3.8, 4) is 16.3 Å². The van der Waals surface area contributed by atoms with Gasteiger partial charge in [0.1, 0.15) is 10.8 Å². The van der Waals surface area contributed by atoms with Crippen molar-refractivity contribution in [3.05, 3.63) is 40.2 Å². The lowest BCUT2D eigenvalue weighted by Crippen LogP contribution is -2.04. The molecule has 0 radical (unpaired) electrons. The second-order valence-electron chi connectivity index (χ2n) is 5.38. The van der Waals surface area contributed by atoms with Gasteiger partial charge in [0.2, 0.25) is 5.69 Å². The van der Waals surface area contributed by atoms with E-state index in [1.165, 1.54) is 4.88 Å². The molecular formula is C17H20N2OS. The molecule has 0 bridgehead atoms.